The van der Waals surface area contributed by atoms with Gasteiger partial charge in [-0.1, -0.05) is 6.92 Å². The summed E-state index contributed by atoms with van der Waals surface area (Å²) in [7, 11) is -1.38. The number of fused-ring (bicyclic) bond motifs is 1. The van der Waals surface area contributed by atoms with E-state index in [-0.39, 0.29) is 36.0 Å². The van der Waals surface area contributed by atoms with Crippen molar-refractivity contribution in [3.63, 3.8) is 0 Å². The van der Waals surface area contributed by atoms with Gasteiger partial charge in [0, 0.05) is 45.3 Å². The maximum Gasteiger partial charge on any atom is 0.407 e. The first kappa shape index (κ1) is 28.5. The Bertz CT molecular complexity index is 1410. The molecule has 0 saturated carbocycles. The van der Waals surface area contributed by atoms with Gasteiger partial charge in [0.2, 0.25) is 16.6 Å². The Kier molecular flexibility index (Phi) is 9.15. The third-order valence-electron chi connectivity index (χ3n) is 6.89. The number of nitrogens with one attached hydrogen (secondary N) is 1. The lowest BCUT2D eigenvalue weighted by molar-refractivity contribution is 0.0964. The molecule has 3 heterocycles. The van der Waals surface area contributed by atoms with Crippen LogP contribution in [0, 0.1) is 5.82 Å². The first-order chi connectivity index (χ1) is 18.7. The molecule has 1 saturated heterocycles. The zero-order valence-corrected chi connectivity index (χ0v) is 22.7. The van der Waals surface area contributed by atoms with E-state index in [0.717, 1.165) is 5.56 Å². The van der Waals surface area contributed by atoms with Gasteiger partial charge >= 0.3 is 6.09 Å². The van der Waals surface area contributed by atoms with Crippen molar-refractivity contribution >= 4 is 34.0 Å². The largest absolute Gasteiger partial charge is 0.465 e. The van der Waals surface area contributed by atoms with Crippen molar-refractivity contribution < 1.29 is 31.9 Å². The molecule has 0 radical (unpaired) electrons. The molecular weight excluding hydrogens is 529 g/mol. The minimum Gasteiger partial charge on any atom is -0.465 e. The van der Waals surface area contributed by atoms with Crippen LogP contribution in [0.5, 0.6) is 0 Å². The van der Waals surface area contributed by atoms with E-state index in [4.69, 9.17) is 9.52 Å². The average Bonchev–Trinajstić information content (AvgIpc) is 3.30. The molecule has 2 N–H and O–H groups in total. The normalized spacial score (nSPS) is 14.4. The monoisotopic (exact) mass is 561 g/mol. The van der Waals surface area contributed by atoms with Crippen molar-refractivity contribution in [2.75, 3.05) is 46.3 Å². The summed E-state index contributed by atoms with van der Waals surface area (Å²) in [6, 6.07) is 7.40. The van der Waals surface area contributed by atoms with E-state index in [2.05, 4.69) is 15.2 Å². The summed E-state index contributed by atoms with van der Waals surface area (Å²) in [5.74, 6) is -0.539. The van der Waals surface area contributed by atoms with Crippen molar-refractivity contribution in [3.8, 4) is 11.3 Å². The number of thiol groups is 1. The highest BCUT2D eigenvalue weighted by Gasteiger charge is 2.25. The predicted octanol–water partition coefficient (Wildman–Crippen LogP) is 2.57. The van der Waals surface area contributed by atoms with Crippen LogP contribution in [0.3, 0.4) is 0 Å². The van der Waals surface area contributed by atoms with Crippen LogP contribution in [0.2, 0.25) is 0 Å². The smallest absolute Gasteiger partial charge is 0.407 e. The molecule has 3 aromatic rings. The zero-order valence-electron chi connectivity index (χ0n) is 21.9. The number of aryl methyl sites for hydroxylation is 1. The molecule has 11 nitrogen and oxygen atoms in total. The zero-order chi connectivity index (χ0) is 28.1. The molecule has 0 spiro atoms. The Labute approximate surface area is 227 Å². The number of aromatic nitrogens is 1. The number of halogens is 1. The van der Waals surface area contributed by atoms with E-state index in [9.17, 15) is 22.4 Å². The second-order valence-corrected chi connectivity index (χ2v) is 10.3. The van der Waals surface area contributed by atoms with Gasteiger partial charge in [0.25, 0.3) is 5.91 Å². The summed E-state index contributed by atoms with van der Waals surface area (Å²) in [6.45, 7) is 4.97. The number of amides is 2. The predicted molar refractivity (Wildman–Crippen MR) is 144 cm³/mol. The molecule has 2 amide bonds. The van der Waals surface area contributed by atoms with Gasteiger partial charge in [-0.15, -0.1) is 0 Å². The summed E-state index contributed by atoms with van der Waals surface area (Å²) < 4.78 is 45.1. The van der Waals surface area contributed by atoms with Gasteiger partial charge in [0.05, 0.1) is 23.2 Å². The summed E-state index contributed by atoms with van der Waals surface area (Å²) >= 11 is 0. The molecule has 210 valence electrons. The number of pyridine rings is 1. The maximum absolute atomic E-state index is 13.5. The van der Waals surface area contributed by atoms with Crippen molar-refractivity contribution in [3.05, 3.63) is 53.0 Å². The third-order valence-corrected chi connectivity index (χ3v) is 7.69. The van der Waals surface area contributed by atoms with Gasteiger partial charge in [-0.05, 0) is 55.3 Å². The molecule has 1 aliphatic rings. The van der Waals surface area contributed by atoms with Crippen LogP contribution in [-0.4, -0.2) is 90.9 Å². The number of benzene rings is 1. The van der Waals surface area contributed by atoms with E-state index in [1.54, 1.807) is 6.07 Å². The highest BCUT2D eigenvalue weighted by molar-refractivity contribution is 7.69. The number of furan rings is 1. The molecule has 13 heteroatoms. The molecule has 1 aromatic carbocycles. The van der Waals surface area contributed by atoms with Crippen molar-refractivity contribution in [2.45, 2.75) is 26.3 Å². The molecule has 1 fully saturated rings. The Morgan fingerprint density at radius 1 is 1.18 bits per heavy atom. The van der Waals surface area contributed by atoms with Crippen LogP contribution in [-0.2, 0) is 23.9 Å². The highest BCUT2D eigenvalue weighted by atomic mass is 32.2. The number of rotatable bonds is 10. The van der Waals surface area contributed by atoms with E-state index >= 15 is 0 Å². The Balaban J connectivity index is 1.56. The Hall–Kier alpha value is -3.55. The molecular formula is C26H32FN5O6S. The van der Waals surface area contributed by atoms with E-state index < -0.39 is 22.8 Å². The van der Waals surface area contributed by atoms with Gasteiger partial charge in [0.1, 0.15) is 11.6 Å². The maximum atomic E-state index is 13.5. The van der Waals surface area contributed by atoms with E-state index in [0.29, 0.717) is 62.2 Å². The SMILES string of the molecule is CCc1cc2c(C(=O)NC)c(-c3ccc(F)cc3)oc2nc1CN(CCCN1CCN(C(=O)O)CC1)[SH](=O)=O. The first-order valence-corrected chi connectivity index (χ1v) is 13.9. The van der Waals surface area contributed by atoms with E-state index in [1.807, 2.05) is 6.92 Å². The third kappa shape index (κ3) is 6.54. The Morgan fingerprint density at radius 3 is 2.46 bits per heavy atom. The van der Waals surface area contributed by atoms with Crippen LogP contribution in [0.15, 0.2) is 34.7 Å². The standard InChI is InChI=1S/C26H32FN5O6S/c1-3-17-15-20-22(24(33)28-2)23(18-5-7-19(27)8-6-18)38-25(20)29-21(17)16-32(39(36)37)10-4-9-30-11-13-31(14-12-30)26(34)35/h5-8,15,39H,3-4,9-14,16H2,1-2H3,(H,28,33)(H,34,35). The fourth-order valence-electron chi connectivity index (χ4n) is 4.73. The van der Waals surface area contributed by atoms with Crippen molar-refractivity contribution in [1.29, 1.82) is 0 Å². The highest BCUT2D eigenvalue weighted by Crippen LogP contribution is 2.34. The number of carbonyl (C=O) groups is 2. The quantitative estimate of drug-likeness (QED) is 0.322. The number of carboxylic acid groups (broad SMARTS) is 1. The molecule has 0 unspecified atom stereocenters. The second kappa shape index (κ2) is 12.5. The van der Waals surface area contributed by atoms with Gasteiger partial charge in [-0.3, -0.25) is 9.69 Å². The fourth-order valence-corrected chi connectivity index (χ4v) is 5.28. The summed E-state index contributed by atoms with van der Waals surface area (Å²) in [5.41, 5.74) is 2.30. The van der Waals surface area contributed by atoms with E-state index in [1.165, 1.54) is 40.5 Å². The minimum atomic E-state index is -2.89. The summed E-state index contributed by atoms with van der Waals surface area (Å²) in [5, 5.41) is 12.2. The number of piperazine rings is 1. The van der Waals surface area contributed by atoms with Crippen molar-refractivity contribution in [2.24, 2.45) is 0 Å². The molecule has 1 aliphatic heterocycles. The Morgan fingerprint density at radius 2 is 1.87 bits per heavy atom. The van der Waals surface area contributed by atoms with Gasteiger partial charge in [0.15, 0.2) is 0 Å². The second-order valence-electron chi connectivity index (χ2n) is 9.28. The molecule has 39 heavy (non-hydrogen) atoms. The number of hydrogen-bond donors (Lipinski definition) is 3. The van der Waals surface area contributed by atoms with Gasteiger partial charge in [-0.25, -0.2) is 22.6 Å². The van der Waals surface area contributed by atoms with Gasteiger partial charge < -0.3 is 19.7 Å². The summed E-state index contributed by atoms with van der Waals surface area (Å²) in [6.07, 6.45) is 0.208. The number of carbonyl (C=O) groups excluding carboxylic acids is 1. The van der Waals surface area contributed by atoms with Crippen LogP contribution in [0.25, 0.3) is 22.4 Å². The lowest BCUT2D eigenvalue weighted by Gasteiger charge is -2.33. The van der Waals surface area contributed by atoms with Gasteiger partial charge in [-0.2, -0.15) is 4.31 Å². The minimum absolute atomic E-state index is 0.0481. The van der Waals surface area contributed by atoms with Crippen LogP contribution >= 0.6 is 0 Å². The lowest BCUT2D eigenvalue weighted by atomic mass is 10.0. The lowest BCUT2D eigenvalue weighted by Crippen LogP contribution is -2.48. The van der Waals surface area contributed by atoms with Crippen LogP contribution in [0.1, 0.15) is 35.0 Å². The molecule has 4 rings (SSSR count). The van der Waals surface area contributed by atoms with Crippen LogP contribution < -0.4 is 5.32 Å². The number of hydrogen-bond acceptors (Lipinski definition) is 7. The van der Waals surface area contributed by atoms with Crippen LogP contribution in [0.4, 0.5) is 9.18 Å². The average molecular weight is 562 g/mol. The molecule has 0 aliphatic carbocycles. The fraction of sp³-hybridized carbons (Fsp3) is 0.423. The topological polar surface area (TPSA) is 136 Å². The molecule has 0 atom stereocenters. The molecule has 0 bridgehead atoms. The van der Waals surface area contributed by atoms with Crippen molar-refractivity contribution in [1.82, 2.24) is 24.4 Å². The number of nitrogens with zero attached hydrogens (tertiary/aromatic N) is 4. The summed E-state index contributed by atoms with van der Waals surface area (Å²) in [4.78, 5) is 32.0. The first-order valence-electron chi connectivity index (χ1n) is 12.7. The molecule has 2 aromatic heterocycles.